The van der Waals surface area contributed by atoms with Crippen LogP contribution in [-0.4, -0.2) is 38.4 Å². The topological polar surface area (TPSA) is 139 Å². The Balaban J connectivity index is 2.09. The summed E-state index contributed by atoms with van der Waals surface area (Å²) in [4.78, 5) is 24.1. The Morgan fingerprint density at radius 1 is 1.16 bits per heavy atom. The first-order valence-corrected chi connectivity index (χ1v) is 9.75. The van der Waals surface area contributed by atoms with Gasteiger partial charge in [-0.3, -0.25) is 4.79 Å². The molecular formula is C23H24N2O6. The summed E-state index contributed by atoms with van der Waals surface area (Å²) in [6.45, 7) is 1.54. The maximum absolute atomic E-state index is 12.5. The van der Waals surface area contributed by atoms with Crippen LogP contribution in [0.4, 0.5) is 11.4 Å². The molecule has 1 aliphatic rings. The normalized spacial score (nSPS) is 23.4. The van der Waals surface area contributed by atoms with Crippen molar-refractivity contribution in [2.75, 3.05) is 10.6 Å². The number of carboxylic acids is 1. The molecule has 8 heteroatoms. The van der Waals surface area contributed by atoms with E-state index in [0.29, 0.717) is 12.1 Å². The highest BCUT2D eigenvalue weighted by Crippen LogP contribution is 2.39. The molecule has 0 radical (unpaired) electrons. The fourth-order valence-electron chi connectivity index (χ4n) is 3.29. The number of fused-ring (bicyclic) bond motifs is 2. The number of carbonyl (C=O) groups excluding carboxylic acids is 1. The number of phenols is 2. The quantitative estimate of drug-likeness (QED) is 0.328. The van der Waals surface area contributed by atoms with Crippen LogP contribution in [0.2, 0.25) is 0 Å². The van der Waals surface area contributed by atoms with E-state index in [4.69, 9.17) is 0 Å². The van der Waals surface area contributed by atoms with Crippen LogP contribution in [-0.2, 0) is 4.79 Å². The maximum Gasteiger partial charge on any atom is 0.337 e. The van der Waals surface area contributed by atoms with Crippen molar-refractivity contribution < 1.29 is 30.0 Å². The minimum Gasteiger partial charge on any atom is -0.508 e. The van der Waals surface area contributed by atoms with Gasteiger partial charge in [0.05, 0.1) is 29.3 Å². The van der Waals surface area contributed by atoms with Crippen LogP contribution in [0.5, 0.6) is 11.5 Å². The molecule has 0 fully saturated rings. The molecule has 3 rings (SSSR count). The molecular weight excluding hydrogens is 400 g/mol. The molecule has 0 aromatic heterocycles. The lowest BCUT2D eigenvalue weighted by Crippen LogP contribution is -2.29. The summed E-state index contributed by atoms with van der Waals surface area (Å²) in [5.74, 6) is -2.90. The number of phenolic OH excluding ortho intramolecular Hbond substituents is 2. The predicted molar refractivity (Wildman–Crippen MR) is 116 cm³/mol. The minimum atomic E-state index is -1.11. The van der Waals surface area contributed by atoms with Gasteiger partial charge in [0.1, 0.15) is 11.5 Å². The van der Waals surface area contributed by atoms with Gasteiger partial charge in [-0.15, -0.1) is 0 Å². The highest BCUT2D eigenvalue weighted by Gasteiger charge is 2.25. The van der Waals surface area contributed by atoms with E-state index in [-0.39, 0.29) is 28.3 Å². The average molecular weight is 424 g/mol. The summed E-state index contributed by atoms with van der Waals surface area (Å²) in [6.07, 6.45) is 5.82. The number of carboxylic acid groups (broad SMARTS) is 1. The van der Waals surface area contributed by atoms with Crippen LogP contribution < -0.4 is 10.6 Å². The van der Waals surface area contributed by atoms with Crippen molar-refractivity contribution in [2.24, 2.45) is 5.92 Å². The lowest BCUT2D eigenvalue weighted by atomic mass is 9.99. The highest BCUT2D eigenvalue weighted by atomic mass is 16.4. The third kappa shape index (κ3) is 5.04. The Kier molecular flexibility index (Phi) is 6.61. The zero-order valence-corrected chi connectivity index (χ0v) is 16.8. The Labute approximate surface area is 179 Å². The van der Waals surface area contributed by atoms with E-state index in [0.717, 1.165) is 0 Å². The standard InChI is InChI=1S/C23H24N2O6/c1-13-20(27)10-4-2-3-8-18(24-17-9-6-5-7-15(17)23(30)31)16-11-14(26)12-19(21(16)28)25-22(13)29/h2-7,9-13,18,20,24,26-28H,8H2,1H3,(H,25,29)(H,30,31)/b3-2+,10-4+/t13-,18+,20-/m1/s1. The van der Waals surface area contributed by atoms with E-state index >= 15 is 0 Å². The molecule has 0 unspecified atom stereocenters. The first-order chi connectivity index (χ1) is 14.8. The molecule has 31 heavy (non-hydrogen) atoms. The lowest BCUT2D eigenvalue weighted by Gasteiger charge is -2.23. The van der Waals surface area contributed by atoms with E-state index in [1.165, 1.54) is 24.3 Å². The number of aromatic hydroxyl groups is 2. The molecule has 1 aliphatic heterocycles. The second-order valence-corrected chi connectivity index (χ2v) is 7.30. The molecule has 0 aliphatic carbocycles. The summed E-state index contributed by atoms with van der Waals surface area (Å²) >= 11 is 0. The number of hydrogen-bond acceptors (Lipinski definition) is 6. The fourth-order valence-corrected chi connectivity index (χ4v) is 3.29. The van der Waals surface area contributed by atoms with Gasteiger partial charge in [-0.2, -0.15) is 0 Å². The van der Waals surface area contributed by atoms with Gasteiger partial charge in [0.25, 0.3) is 0 Å². The molecule has 6 N–H and O–H groups in total. The first kappa shape index (κ1) is 21.9. The molecule has 0 spiro atoms. The van der Waals surface area contributed by atoms with Crippen LogP contribution in [0.25, 0.3) is 0 Å². The summed E-state index contributed by atoms with van der Waals surface area (Å²) < 4.78 is 0. The number of amides is 1. The maximum atomic E-state index is 12.5. The number of allylic oxidation sites excluding steroid dienone is 2. The summed E-state index contributed by atoms with van der Waals surface area (Å²) in [5.41, 5.74) is 0.659. The molecule has 0 saturated heterocycles. The van der Waals surface area contributed by atoms with Crippen molar-refractivity contribution >= 4 is 23.3 Å². The second-order valence-electron chi connectivity index (χ2n) is 7.30. The van der Waals surface area contributed by atoms with E-state index in [1.807, 2.05) is 0 Å². The third-order valence-electron chi connectivity index (χ3n) is 5.10. The van der Waals surface area contributed by atoms with Gasteiger partial charge < -0.3 is 31.1 Å². The SMILES string of the molecule is C[C@H]1C(=O)Nc2cc(O)cc(c2O)[C@@H](Nc2ccccc2C(=O)O)C/C=C/C=C/[C@H]1O. The Morgan fingerprint density at radius 2 is 1.90 bits per heavy atom. The van der Waals surface area contributed by atoms with Gasteiger partial charge in [0.15, 0.2) is 0 Å². The number of rotatable bonds is 3. The van der Waals surface area contributed by atoms with Gasteiger partial charge in [-0.05, 0) is 24.6 Å². The van der Waals surface area contributed by atoms with Gasteiger partial charge in [0.2, 0.25) is 5.91 Å². The largest absolute Gasteiger partial charge is 0.508 e. The fraction of sp³-hybridized carbons (Fsp3) is 0.217. The van der Waals surface area contributed by atoms with E-state index < -0.39 is 29.9 Å². The smallest absolute Gasteiger partial charge is 0.337 e. The first-order valence-electron chi connectivity index (χ1n) is 9.75. The van der Waals surface area contributed by atoms with Crippen molar-refractivity contribution in [3.8, 4) is 11.5 Å². The van der Waals surface area contributed by atoms with Crippen LogP contribution >= 0.6 is 0 Å². The Bertz CT molecular complexity index is 1050. The molecule has 162 valence electrons. The van der Waals surface area contributed by atoms with Crippen molar-refractivity contribution in [3.05, 3.63) is 71.8 Å². The molecule has 2 aromatic carbocycles. The zero-order chi connectivity index (χ0) is 22.5. The highest BCUT2D eigenvalue weighted by molar-refractivity contribution is 5.95. The number of aliphatic hydroxyl groups excluding tert-OH is 1. The minimum absolute atomic E-state index is 0.00965. The molecule has 2 aromatic rings. The number of benzene rings is 2. The molecule has 0 saturated carbocycles. The van der Waals surface area contributed by atoms with Crippen LogP contribution in [0.1, 0.15) is 35.3 Å². The van der Waals surface area contributed by atoms with Crippen molar-refractivity contribution in [3.63, 3.8) is 0 Å². The molecule has 3 atom stereocenters. The van der Waals surface area contributed by atoms with Crippen LogP contribution in [0, 0.1) is 5.92 Å². The number of aromatic carboxylic acids is 1. The number of carbonyl (C=O) groups is 2. The molecule has 2 bridgehead atoms. The van der Waals surface area contributed by atoms with Crippen molar-refractivity contribution in [1.82, 2.24) is 0 Å². The van der Waals surface area contributed by atoms with E-state index in [2.05, 4.69) is 10.6 Å². The molecule has 1 heterocycles. The number of hydrogen-bond donors (Lipinski definition) is 6. The summed E-state index contributed by atoms with van der Waals surface area (Å²) in [7, 11) is 0. The van der Waals surface area contributed by atoms with Crippen molar-refractivity contribution in [1.29, 1.82) is 0 Å². The van der Waals surface area contributed by atoms with Gasteiger partial charge >= 0.3 is 5.97 Å². The third-order valence-corrected chi connectivity index (χ3v) is 5.10. The van der Waals surface area contributed by atoms with Crippen LogP contribution in [0.15, 0.2) is 60.7 Å². The number of anilines is 2. The number of para-hydroxylation sites is 1. The zero-order valence-electron chi connectivity index (χ0n) is 16.8. The lowest BCUT2D eigenvalue weighted by molar-refractivity contribution is -0.121. The number of nitrogens with one attached hydrogen (secondary N) is 2. The molecule has 1 amide bonds. The van der Waals surface area contributed by atoms with Gasteiger partial charge in [-0.1, -0.05) is 43.4 Å². The van der Waals surface area contributed by atoms with E-state index in [1.54, 1.807) is 43.4 Å². The van der Waals surface area contributed by atoms with Crippen LogP contribution in [0.3, 0.4) is 0 Å². The van der Waals surface area contributed by atoms with Crippen molar-refractivity contribution in [2.45, 2.75) is 25.5 Å². The average Bonchev–Trinajstić information content (AvgIpc) is 2.74. The van der Waals surface area contributed by atoms with Gasteiger partial charge in [0, 0.05) is 17.3 Å². The second kappa shape index (κ2) is 9.36. The summed E-state index contributed by atoms with van der Waals surface area (Å²) in [5, 5.41) is 46.3. The van der Waals surface area contributed by atoms with Gasteiger partial charge in [-0.25, -0.2) is 4.79 Å². The molecule has 8 nitrogen and oxygen atoms in total. The Morgan fingerprint density at radius 3 is 2.65 bits per heavy atom. The predicted octanol–water partition coefficient (Wildman–Crippen LogP) is 3.40. The Hall–Kier alpha value is -3.78. The monoisotopic (exact) mass is 424 g/mol. The van der Waals surface area contributed by atoms with E-state index in [9.17, 15) is 30.0 Å². The number of aliphatic hydroxyl groups is 1. The summed E-state index contributed by atoms with van der Waals surface area (Å²) in [6, 6.07) is 8.29.